The third kappa shape index (κ3) is 6.31. The minimum Gasteiger partial charge on any atom is -0.492 e. The van der Waals surface area contributed by atoms with E-state index in [0.29, 0.717) is 44.2 Å². The van der Waals surface area contributed by atoms with Gasteiger partial charge >= 0.3 is 0 Å². The van der Waals surface area contributed by atoms with Crippen molar-refractivity contribution >= 4 is 10.0 Å². The summed E-state index contributed by atoms with van der Waals surface area (Å²) in [4.78, 5) is 5.09. The SMILES string of the molecule is N#Cc1ccc(CN2CCN(CCOc3ccc(S(=O)(=O)N4CCOCC4)cc3)CC2)cc1. The highest BCUT2D eigenvalue weighted by Gasteiger charge is 2.26. The average molecular weight is 471 g/mol. The highest BCUT2D eigenvalue weighted by molar-refractivity contribution is 7.89. The fraction of sp³-hybridized carbons (Fsp3) is 0.458. The Kier molecular flexibility index (Phi) is 7.96. The molecule has 0 N–H and O–H groups in total. The quantitative estimate of drug-likeness (QED) is 0.581. The predicted octanol–water partition coefficient (Wildman–Crippen LogP) is 1.78. The standard InChI is InChI=1S/C24H30N4O4S/c25-19-21-1-3-22(4-2-21)20-27-11-9-26(10-12-27)13-18-32-23-5-7-24(8-6-23)33(29,30)28-14-16-31-17-15-28/h1-8H,9-18,20H2. The van der Waals surface area contributed by atoms with Crippen molar-refractivity contribution in [2.45, 2.75) is 11.4 Å². The van der Waals surface area contributed by atoms with Crippen LogP contribution in [0.4, 0.5) is 0 Å². The summed E-state index contributed by atoms with van der Waals surface area (Å²) in [5, 5.41) is 8.91. The molecule has 0 aromatic heterocycles. The van der Waals surface area contributed by atoms with Gasteiger partial charge in [0.25, 0.3) is 0 Å². The van der Waals surface area contributed by atoms with Crippen LogP contribution in [0.5, 0.6) is 5.75 Å². The lowest BCUT2D eigenvalue weighted by Crippen LogP contribution is -2.47. The third-order valence-corrected chi connectivity index (χ3v) is 7.97. The first-order valence-electron chi connectivity index (χ1n) is 11.3. The van der Waals surface area contributed by atoms with Crippen molar-refractivity contribution in [1.82, 2.24) is 14.1 Å². The molecule has 0 spiro atoms. The molecule has 8 nitrogen and oxygen atoms in total. The Morgan fingerprint density at radius 1 is 0.879 bits per heavy atom. The normalized spacial score (nSPS) is 18.6. The number of rotatable bonds is 8. The van der Waals surface area contributed by atoms with Gasteiger partial charge in [0, 0.05) is 52.4 Å². The first kappa shape index (κ1) is 23.7. The fourth-order valence-corrected chi connectivity index (χ4v) is 5.46. The first-order valence-corrected chi connectivity index (χ1v) is 12.7. The topological polar surface area (TPSA) is 86.1 Å². The van der Waals surface area contributed by atoms with Crippen molar-refractivity contribution in [2.24, 2.45) is 0 Å². The van der Waals surface area contributed by atoms with E-state index in [2.05, 4.69) is 15.9 Å². The Morgan fingerprint density at radius 2 is 1.52 bits per heavy atom. The van der Waals surface area contributed by atoms with E-state index in [1.807, 2.05) is 24.3 Å². The molecular weight excluding hydrogens is 440 g/mol. The van der Waals surface area contributed by atoms with Crippen LogP contribution in [0.25, 0.3) is 0 Å². The summed E-state index contributed by atoms with van der Waals surface area (Å²) in [6, 6.07) is 16.6. The highest BCUT2D eigenvalue weighted by Crippen LogP contribution is 2.20. The number of hydrogen-bond donors (Lipinski definition) is 0. The zero-order valence-corrected chi connectivity index (χ0v) is 19.5. The van der Waals surface area contributed by atoms with Gasteiger partial charge in [0.1, 0.15) is 12.4 Å². The molecular formula is C24H30N4O4S. The van der Waals surface area contributed by atoms with Gasteiger partial charge in [-0.25, -0.2) is 8.42 Å². The van der Waals surface area contributed by atoms with E-state index in [-0.39, 0.29) is 4.90 Å². The molecule has 0 bridgehead atoms. The molecule has 2 aliphatic rings. The maximum Gasteiger partial charge on any atom is 0.243 e. The van der Waals surface area contributed by atoms with Gasteiger partial charge < -0.3 is 9.47 Å². The van der Waals surface area contributed by atoms with Gasteiger partial charge in [0.2, 0.25) is 10.0 Å². The van der Waals surface area contributed by atoms with E-state index >= 15 is 0 Å². The van der Waals surface area contributed by atoms with Gasteiger partial charge in [-0.15, -0.1) is 0 Å². The molecule has 2 aliphatic heterocycles. The number of nitrogens with zero attached hydrogens (tertiary/aromatic N) is 4. The van der Waals surface area contributed by atoms with Crippen LogP contribution in [-0.2, 0) is 21.3 Å². The number of hydrogen-bond acceptors (Lipinski definition) is 7. The Morgan fingerprint density at radius 3 is 2.15 bits per heavy atom. The van der Waals surface area contributed by atoms with Crippen LogP contribution in [0.1, 0.15) is 11.1 Å². The van der Waals surface area contributed by atoms with Crippen molar-refractivity contribution in [1.29, 1.82) is 5.26 Å². The lowest BCUT2D eigenvalue weighted by atomic mass is 10.1. The average Bonchev–Trinajstić information content (AvgIpc) is 2.86. The molecule has 0 unspecified atom stereocenters. The number of piperazine rings is 1. The van der Waals surface area contributed by atoms with Gasteiger partial charge in [-0.1, -0.05) is 12.1 Å². The van der Waals surface area contributed by atoms with Crippen molar-refractivity contribution in [3.8, 4) is 11.8 Å². The van der Waals surface area contributed by atoms with Crippen LogP contribution < -0.4 is 4.74 Å². The third-order valence-electron chi connectivity index (χ3n) is 6.06. The zero-order valence-electron chi connectivity index (χ0n) is 18.7. The van der Waals surface area contributed by atoms with Crippen LogP contribution in [0.15, 0.2) is 53.4 Å². The number of morpholine rings is 1. The molecule has 2 heterocycles. The van der Waals surface area contributed by atoms with Crippen molar-refractivity contribution in [3.05, 3.63) is 59.7 Å². The summed E-state index contributed by atoms with van der Waals surface area (Å²) >= 11 is 0. The van der Waals surface area contributed by atoms with Crippen LogP contribution in [-0.4, -0.2) is 88.2 Å². The molecule has 9 heteroatoms. The van der Waals surface area contributed by atoms with Gasteiger partial charge in [-0.3, -0.25) is 9.80 Å². The maximum atomic E-state index is 12.7. The summed E-state index contributed by atoms with van der Waals surface area (Å²) in [6.45, 7) is 7.89. The monoisotopic (exact) mass is 470 g/mol. The molecule has 2 saturated heterocycles. The molecule has 0 saturated carbocycles. The number of nitriles is 1. The summed E-state index contributed by atoms with van der Waals surface area (Å²) < 4.78 is 38.0. The van der Waals surface area contributed by atoms with Gasteiger partial charge in [0.15, 0.2) is 0 Å². The number of sulfonamides is 1. The lowest BCUT2D eigenvalue weighted by molar-refractivity contribution is 0.0730. The van der Waals surface area contributed by atoms with E-state index in [9.17, 15) is 8.42 Å². The smallest absolute Gasteiger partial charge is 0.243 e. The molecule has 0 radical (unpaired) electrons. The van der Waals surface area contributed by atoms with Crippen molar-refractivity contribution in [2.75, 3.05) is 65.6 Å². The van der Waals surface area contributed by atoms with E-state index in [1.54, 1.807) is 24.3 Å². The van der Waals surface area contributed by atoms with Gasteiger partial charge in [-0.2, -0.15) is 9.57 Å². The Hall–Kier alpha value is -2.48. The van der Waals surface area contributed by atoms with Crippen LogP contribution in [0.2, 0.25) is 0 Å². The second-order valence-corrected chi connectivity index (χ2v) is 10.2. The van der Waals surface area contributed by atoms with Gasteiger partial charge in [0.05, 0.1) is 29.7 Å². The fourth-order valence-electron chi connectivity index (χ4n) is 4.05. The summed E-state index contributed by atoms with van der Waals surface area (Å²) in [5.74, 6) is 0.676. The minimum atomic E-state index is -3.48. The molecule has 2 aromatic rings. The molecule has 2 aromatic carbocycles. The number of benzene rings is 2. The van der Waals surface area contributed by atoms with E-state index < -0.39 is 10.0 Å². The molecule has 4 rings (SSSR count). The predicted molar refractivity (Wildman–Crippen MR) is 124 cm³/mol. The second kappa shape index (κ2) is 11.1. The summed E-state index contributed by atoms with van der Waals surface area (Å²) in [5.41, 5.74) is 1.92. The molecule has 0 aliphatic carbocycles. The Labute approximate surface area is 196 Å². The second-order valence-electron chi connectivity index (χ2n) is 8.26. The Bertz CT molecular complexity index is 1040. The van der Waals surface area contributed by atoms with E-state index in [0.717, 1.165) is 39.3 Å². The van der Waals surface area contributed by atoms with Crippen LogP contribution >= 0.6 is 0 Å². The highest BCUT2D eigenvalue weighted by atomic mass is 32.2. The maximum absolute atomic E-state index is 12.7. The molecule has 176 valence electrons. The summed E-state index contributed by atoms with van der Waals surface area (Å²) in [6.07, 6.45) is 0. The first-order chi connectivity index (χ1) is 16.0. The number of ether oxygens (including phenoxy) is 2. The molecule has 0 atom stereocenters. The molecule has 2 fully saturated rings. The van der Waals surface area contributed by atoms with Crippen molar-refractivity contribution in [3.63, 3.8) is 0 Å². The lowest BCUT2D eigenvalue weighted by Gasteiger charge is -2.34. The Balaban J connectivity index is 1.18. The molecule has 33 heavy (non-hydrogen) atoms. The van der Waals surface area contributed by atoms with Crippen LogP contribution in [0, 0.1) is 11.3 Å². The molecule has 0 amide bonds. The summed E-state index contributed by atoms with van der Waals surface area (Å²) in [7, 11) is -3.48. The van der Waals surface area contributed by atoms with Crippen LogP contribution in [0.3, 0.4) is 0 Å². The minimum absolute atomic E-state index is 0.287. The van der Waals surface area contributed by atoms with Crippen molar-refractivity contribution < 1.29 is 17.9 Å². The largest absolute Gasteiger partial charge is 0.492 e. The van der Waals surface area contributed by atoms with Gasteiger partial charge in [-0.05, 0) is 42.0 Å². The van der Waals surface area contributed by atoms with E-state index in [4.69, 9.17) is 14.7 Å². The zero-order chi connectivity index (χ0) is 23.1. The van der Waals surface area contributed by atoms with E-state index in [1.165, 1.54) is 9.87 Å².